The molecule has 2 aromatic rings. The second-order valence-electron chi connectivity index (χ2n) is 7.79. The number of hydrogen-bond acceptors (Lipinski definition) is 0. The second kappa shape index (κ2) is 10.5. The molecule has 0 N–H and O–H groups in total. The van der Waals surface area contributed by atoms with Gasteiger partial charge in [0.25, 0.3) is 0 Å². The van der Waals surface area contributed by atoms with Gasteiger partial charge in [-0.15, -0.1) is 6.58 Å². The summed E-state index contributed by atoms with van der Waals surface area (Å²) in [6.07, 6.45) is 12.4. The zero-order valence-corrected chi connectivity index (χ0v) is 17.1. The number of hydrogen-bond donors (Lipinski definition) is 0. The fourth-order valence-electron chi connectivity index (χ4n) is 4.08. The summed E-state index contributed by atoms with van der Waals surface area (Å²) in [4.78, 5) is 0. The molecule has 0 nitrogen and oxygen atoms in total. The molecule has 0 radical (unpaired) electrons. The van der Waals surface area contributed by atoms with Crippen molar-refractivity contribution in [3.8, 4) is 11.8 Å². The lowest BCUT2D eigenvalue weighted by atomic mass is 9.77. The molecular formula is C26H28ClF. The van der Waals surface area contributed by atoms with Gasteiger partial charge in [0.2, 0.25) is 0 Å². The lowest BCUT2D eigenvalue weighted by Gasteiger charge is -2.29. The van der Waals surface area contributed by atoms with Crippen molar-refractivity contribution in [1.82, 2.24) is 0 Å². The number of halogens is 2. The average Bonchev–Trinajstić information content (AvgIpc) is 2.72. The van der Waals surface area contributed by atoms with Gasteiger partial charge >= 0.3 is 0 Å². The molecule has 1 saturated carbocycles. The van der Waals surface area contributed by atoms with Crippen LogP contribution < -0.4 is 0 Å². The molecule has 0 atom stereocenters. The summed E-state index contributed by atoms with van der Waals surface area (Å²) in [7, 11) is 0. The Kier molecular flexibility index (Phi) is 7.75. The predicted octanol–water partition coefficient (Wildman–Crippen LogP) is 7.90. The molecule has 0 aromatic heterocycles. The molecule has 0 heterocycles. The summed E-state index contributed by atoms with van der Waals surface area (Å²) >= 11 is 5.78. The van der Waals surface area contributed by atoms with E-state index >= 15 is 0 Å². The third kappa shape index (κ3) is 5.98. The molecule has 0 unspecified atom stereocenters. The van der Waals surface area contributed by atoms with Crippen LogP contribution in [0.15, 0.2) is 55.1 Å². The van der Waals surface area contributed by atoms with Gasteiger partial charge in [-0.3, -0.25) is 0 Å². The summed E-state index contributed by atoms with van der Waals surface area (Å²) in [6, 6.07) is 13.1. The largest absolute Gasteiger partial charge is 0.206 e. The predicted molar refractivity (Wildman–Crippen MR) is 117 cm³/mol. The molecule has 3 rings (SSSR count). The number of benzene rings is 2. The molecule has 0 aliphatic heterocycles. The van der Waals surface area contributed by atoms with Gasteiger partial charge in [-0.05, 0) is 86.3 Å². The summed E-state index contributed by atoms with van der Waals surface area (Å²) < 4.78 is 13.8. The standard InChI is InChI=1S/C26H28ClF/c1-2-3-4-5-6-20-7-12-22(13-8-20)23-14-9-21(10-15-23)11-16-24-17-18-25(27)19-26(24)28/h2,9-10,14-15,17-20,22H,1,3-8,12-13H2. The highest BCUT2D eigenvalue weighted by atomic mass is 35.5. The van der Waals surface area contributed by atoms with Crippen LogP contribution in [0.3, 0.4) is 0 Å². The first-order valence-electron chi connectivity index (χ1n) is 10.3. The van der Waals surface area contributed by atoms with Crippen molar-refractivity contribution < 1.29 is 4.39 Å². The molecule has 0 bridgehead atoms. The normalized spacial score (nSPS) is 18.9. The van der Waals surface area contributed by atoms with Crippen LogP contribution in [0, 0.1) is 23.6 Å². The Morgan fingerprint density at radius 3 is 2.43 bits per heavy atom. The lowest BCUT2D eigenvalue weighted by Crippen LogP contribution is -2.13. The molecular weight excluding hydrogens is 367 g/mol. The Bertz CT molecular complexity index is 833. The minimum Gasteiger partial charge on any atom is -0.206 e. The maximum absolute atomic E-state index is 13.8. The van der Waals surface area contributed by atoms with Crippen LogP contribution in [0.5, 0.6) is 0 Å². The quantitative estimate of drug-likeness (QED) is 0.265. The minimum atomic E-state index is -0.377. The van der Waals surface area contributed by atoms with Crippen molar-refractivity contribution in [3.63, 3.8) is 0 Å². The van der Waals surface area contributed by atoms with Gasteiger partial charge in [-0.2, -0.15) is 0 Å². The number of rotatable bonds is 6. The van der Waals surface area contributed by atoms with Crippen molar-refractivity contribution in [1.29, 1.82) is 0 Å². The molecule has 2 aromatic carbocycles. The monoisotopic (exact) mass is 394 g/mol. The molecule has 0 saturated heterocycles. The van der Waals surface area contributed by atoms with Gasteiger partial charge in [0.15, 0.2) is 0 Å². The van der Waals surface area contributed by atoms with Gasteiger partial charge in [0.1, 0.15) is 5.82 Å². The third-order valence-corrected chi connectivity index (χ3v) is 6.01. The van der Waals surface area contributed by atoms with E-state index in [1.54, 1.807) is 12.1 Å². The Labute approximate surface area is 173 Å². The summed E-state index contributed by atoms with van der Waals surface area (Å²) in [5.74, 6) is 7.14. The molecule has 1 aliphatic carbocycles. The van der Waals surface area contributed by atoms with E-state index in [1.807, 2.05) is 6.08 Å². The third-order valence-electron chi connectivity index (χ3n) is 5.77. The molecule has 1 aliphatic rings. The average molecular weight is 395 g/mol. The fraction of sp³-hybridized carbons (Fsp3) is 0.385. The highest BCUT2D eigenvalue weighted by Gasteiger charge is 2.21. The first-order chi connectivity index (χ1) is 13.7. The summed E-state index contributed by atoms with van der Waals surface area (Å²) in [6.45, 7) is 3.80. The minimum absolute atomic E-state index is 0.375. The Balaban J connectivity index is 1.53. The van der Waals surface area contributed by atoms with Crippen molar-refractivity contribution in [2.75, 3.05) is 0 Å². The summed E-state index contributed by atoms with van der Waals surface area (Å²) in [5.41, 5.74) is 2.70. The SMILES string of the molecule is C=CCCCCC1CCC(c2ccc(C#Cc3ccc(Cl)cc3F)cc2)CC1. The summed E-state index contributed by atoms with van der Waals surface area (Å²) in [5, 5.41) is 0.388. The zero-order valence-electron chi connectivity index (χ0n) is 16.4. The molecule has 28 heavy (non-hydrogen) atoms. The molecule has 0 amide bonds. The van der Waals surface area contributed by atoms with E-state index in [-0.39, 0.29) is 5.82 Å². The van der Waals surface area contributed by atoms with Crippen LogP contribution in [-0.2, 0) is 0 Å². The van der Waals surface area contributed by atoms with Crippen molar-refractivity contribution in [2.45, 2.75) is 57.3 Å². The molecule has 146 valence electrons. The van der Waals surface area contributed by atoms with Crippen LogP contribution in [0.25, 0.3) is 0 Å². The van der Waals surface area contributed by atoms with Crippen LogP contribution >= 0.6 is 11.6 Å². The van der Waals surface area contributed by atoms with E-state index in [1.165, 1.54) is 56.6 Å². The Morgan fingerprint density at radius 1 is 1.00 bits per heavy atom. The van der Waals surface area contributed by atoms with Crippen molar-refractivity contribution in [2.24, 2.45) is 5.92 Å². The number of allylic oxidation sites excluding steroid dienone is 1. The van der Waals surface area contributed by atoms with E-state index in [4.69, 9.17) is 11.6 Å². The van der Waals surface area contributed by atoms with Crippen molar-refractivity contribution in [3.05, 3.63) is 82.6 Å². The molecule has 0 spiro atoms. The van der Waals surface area contributed by atoms with E-state index in [0.717, 1.165) is 17.9 Å². The maximum atomic E-state index is 13.8. The first kappa shape index (κ1) is 20.7. The van der Waals surface area contributed by atoms with Gasteiger partial charge in [-0.1, -0.05) is 54.5 Å². The second-order valence-corrected chi connectivity index (χ2v) is 8.22. The molecule has 1 fully saturated rings. The van der Waals surface area contributed by atoms with Crippen LogP contribution in [-0.4, -0.2) is 0 Å². The van der Waals surface area contributed by atoms with Crippen LogP contribution in [0.2, 0.25) is 5.02 Å². The van der Waals surface area contributed by atoms with Gasteiger partial charge < -0.3 is 0 Å². The Morgan fingerprint density at radius 2 is 1.75 bits per heavy atom. The lowest BCUT2D eigenvalue weighted by molar-refractivity contribution is 0.303. The van der Waals surface area contributed by atoms with Crippen molar-refractivity contribution >= 4 is 11.6 Å². The molecule has 2 heteroatoms. The van der Waals surface area contributed by atoms with Crippen LogP contribution in [0.4, 0.5) is 4.39 Å². The van der Waals surface area contributed by atoms with E-state index in [0.29, 0.717) is 16.5 Å². The highest BCUT2D eigenvalue weighted by Crippen LogP contribution is 2.37. The van der Waals surface area contributed by atoms with E-state index in [2.05, 4.69) is 42.7 Å². The maximum Gasteiger partial charge on any atom is 0.140 e. The fourth-order valence-corrected chi connectivity index (χ4v) is 4.23. The highest BCUT2D eigenvalue weighted by molar-refractivity contribution is 6.30. The van der Waals surface area contributed by atoms with Crippen LogP contribution in [0.1, 0.15) is 74.0 Å². The van der Waals surface area contributed by atoms with Gasteiger partial charge in [0.05, 0.1) is 5.56 Å². The smallest absolute Gasteiger partial charge is 0.140 e. The first-order valence-corrected chi connectivity index (χ1v) is 10.7. The van der Waals surface area contributed by atoms with Gasteiger partial charge in [0, 0.05) is 10.6 Å². The number of unbranched alkanes of at least 4 members (excludes halogenated alkanes) is 2. The van der Waals surface area contributed by atoms with Gasteiger partial charge in [-0.25, -0.2) is 4.39 Å². The van der Waals surface area contributed by atoms with E-state index in [9.17, 15) is 4.39 Å². The Hall–Kier alpha value is -2.04. The zero-order chi connectivity index (χ0) is 19.8. The van der Waals surface area contributed by atoms with E-state index < -0.39 is 0 Å². The topological polar surface area (TPSA) is 0 Å².